The molecule has 0 bridgehead atoms. The lowest BCUT2D eigenvalue weighted by Gasteiger charge is -2.10. The highest BCUT2D eigenvalue weighted by molar-refractivity contribution is 6.32. The summed E-state index contributed by atoms with van der Waals surface area (Å²) in [7, 11) is 0. The molecule has 0 aromatic rings. The number of aliphatic imine (C=N–C) groups is 1. The van der Waals surface area contributed by atoms with Crippen molar-refractivity contribution in [1.29, 1.82) is 0 Å². The molecular weight excluding hydrogens is 128 g/mol. The Morgan fingerprint density at radius 2 is 2.50 bits per heavy atom. The summed E-state index contributed by atoms with van der Waals surface area (Å²) in [4.78, 5) is 3.52. The molecule has 1 aliphatic rings. The summed E-state index contributed by atoms with van der Waals surface area (Å²) in [6.45, 7) is 0. The van der Waals surface area contributed by atoms with E-state index in [2.05, 4.69) is 4.99 Å². The second-order valence-corrected chi connectivity index (χ2v) is 1.99. The fourth-order valence-corrected chi connectivity index (χ4v) is 0.487. The molecule has 0 fully saturated rings. The molecule has 0 aliphatic carbocycles. The maximum Gasteiger partial charge on any atom is 0.188 e. The number of nitrogens with two attached hydrogens (primary N) is 1. The molecule has 1 unspecified atom stereocenters. The minimum Gasteiger partial charge on any atom is -0.366 e. The Balaban J connectivity index is 2.87. The van der Waals surface area contributed by atoms with E-state index in [1.54, 1.807) is 0 Å². The minimum atomic E-state index is -1.51. The molecule has 3 N–H and O–H groups in total. The number of hydrogen-bond acceptors (Lipinski definition) is 3. The van der Waals surface area contributed by atoms with Crippen LogP contribution in [0.5, 0.6) is 0 Å². The fraction of sp³-hybridized carbons (Fsp3) is 0.250. The van der Waals surface area contributed by atoms with Gasteiger partial charge >= 0.3 is 0 Å². The van der Waals surface area contributed by atoms with E-state index in [0.29, 0.717) is 0 Å². The second kappa shape index (κ2) is 1.55. The molecule has 1 heterocycles. The van der Waals surface area contributed by atoms with Crippen molar-refractivity contribution in [1.82, 2.24) is 0 Å². The van der Waals surface area contributed by atoms with Crippen LogP contribution in [0.25, 0.3) is 0 Å². The van der Waals surface area contributed by atoms with Gasteiger partial charge in [-0.3, -0.25) is 10.7 Å². The molecule has 0 aromatic carbocycles. The zero-order valence-electron chi connectivity index (χ0n) is 4.00. The largest absolute Gasteiger partial charge is 0.366 e. The lowest BCUT2D eigenvalue weighted by Crippen LogP contribution is -2.39. The van der Waals surface area contributed by atoms with Crippen molar-refractivity contribution >= 4 is 17.8 Å². The summed E-state index contributed by atoms with van der Waals surface area (Å²) in [6, 6.07) is 0. The minimum absolute atomic E-state index is 0.150. The van der Waals surface area contributed by atoms with Crippen molar-refractivity contribution in [3.8, 4) is 0 Å². The molecule has 0 saturated heterocycles. The number of hydrogen-bond donors (Lipinski definition) is 2. The molecule has 0 spiro atoms. The lowest BCUT2D eigenvalue weighted by molar-refractivity contribution is 0.174. The molecule has 0 saturated carbocycles. The zero-order chi connectivity index (χ0) is 6.20. The van der Waals surface area contributed by atoms with Gasteiger partial charge in [0.05, 0.1) is 11.2 Å². The van der Waals surface area contributed by atoms with Crippen molar-refractivity contribution in [3.05, 3.63) is 11.2 Å². The van der Waals surface area contributed by atoms with E-state index in [1.165, 1.54) is 12.4 Å². The van der Waals surface area contributed by atoms with Crippen molar-refractivity contribution in [2.75, 3.05) is 0 Å². The SMILES string of the molecule is NC1(O)C=NC=C1Cl. The molecule has 0 aromatic heterocycles. The van der Waals surface area contributed by atoms with Crippen molar-refractivity contribution < 1.29 is 5.11 Å². The Bertz CT molecular complexity index is 161. The maximum absolute atomic E-state index is 8.89. The van der Waals surface area contributed by atoms with Gasteiger partial charge in [0.1, 0.15) is 0 Å². The maximum atomic E-state index is 8.89. The Kier molecular flexibility index (Phi) is 1.11. The highest BCUT2D eigenvalue weighted by Gasteiger charge is 2.25. The van der Waals surface area contributed by atoms with Gasteiger partial charge in [-0.1, -0.05) is 11.6 Å². The van der Waals surface area contributed by atoms with Gasteiger partial charge in [0.15, 0.2) is 5.72 Å². The predicted octanol–water partition coefficient (Wildman–Crippen LogP) is -0.202. The monoisotopic (exact) mass is 132 g/mol. The van der Waals surface area contributed by atoms with Crippen LogP contribution in [0.3, 0.4) is 0 Å². The second-order valence-electron chi connectivity index (χ2n) is 1.58. The van der Waals surface area contributed by atoms with Crippen LogP contribution in [0.2, 0.25) is 0 Å². The summed E-state index contributed by atoms with van der Waals surface area (Å²) in [5.74, 6) is 0. The smallest absolute Gasteiger partial charge is 0.188 e. The summed E-state index contributed by atoms with van der Waals surface area (Å²) in [5.41, 5.74) is 3.61. The van der Waals surface area contributed by atoms with E-state index in [1.807, 2.05) is 0 Å². The van der Waals surface area contributed by atoms with Gasteiger partial charge in [-0.15, -0.1) is 0 Å². The Hall–Kier alpha value is -0.380. The van der Waals surface area contributed by atoms with Crippen LogP contribution in [0.1, 0.15) is 0 Å². The first kappa shape index (κ1) is 5.75. The standard InChI is InChI=1S/C4H5ClN2O/c5-3-1-7-2-4(3,6)8/h1-2,8H,6H2. The van der Waals surface area contributed by atoms with Crippen LogP contribution in [0, 0.1) is 0 Å². The predicted molar refractivity (Wildman–Crippen MR) is 31.6 cm³/mol. The van der Waals surface area contributed by atoms with Crippen LogP contribution >= 0.6 is 11.6 Å². The summed E-state index contributed by atoms with van der Waals surface area (Å²) >= 11 is 5.36. The topological polar surface area (TPSA) is 58.6 Å². The first-order valence-electron chi connectivity index (χ1n) is 2.05. The van der Waals surface area contributed by atoms with E-state index < -0.39 is 5.72 Å². The van der Waals surface area contributed by atoms with Crippen LogP contribution < -0.4 is 5.73 Å². The van der Waals surface area contributed by atoms with E-state index in [-0.39, 0.29) is 5.03 Å². The molecular formula is C4H5ClN2O. The number of aliphatic hydroxyl groups is 1. The normalized spacial score (nSPS) is 35.6. The van der Waals surface area contributed by atoms with Crippen LogP contribution in [-0.2, 0) is 0 Å². The van der Waals surface area contributed by atoms with Gasteiger partial charge in [-0.05, 0) is 0 Å². The summed E-state index contributed by atoms with van der Waals surface area (Å²) < 4.78 is 0. The zero-order valence-corrected chi connectivity index (χ0v) is 4.76. The first-order valence-corrected chi connectivity index (χ1v) is 2.42. The third kappa shape index (κ3) is 0.753. The van der Waals surface area contributed by atoms with Crippen LogP contribution in [0.4, 0.5) is 0 Å². The van der Waals surface area contributed by atoms with Gasteiger partial charge in [-0.2, -0.15) is 0 Å². The molecule has 44 valence electrons. The lowest BCUT2D eigenvalue weighted by atomic mass is 10.3. The van der Waals surface area contributed by atoms with Gasteiger partial charge in [-0.25, -0.2) is 0 Å². The van der Waals surface area contributed by atoms with E-state index in [0.717, 1.165) is 0 Å². The van der Waals surface area contributed by atoms with Gasteiger partial charge < -0.3 is 5.11 Å². The Morgan fingerprint density at radius 3 is 2.62 bits per heavy atom. The average molecular weight is 133 g/mol. The molecule has 0 radical (unpaired) electrons. The van der Waals surface area contributed by atoms with Gasteiger partial charge in [0.25, 0.3) is 0 Å². The Morgan fingerprint density at radius 1 is 1.88 bits per heavy atom. The van der Waals surface area contributed by atoms with Crippen molar-refractivity contribution in [2.45, 2.75) is 5.72 Å². The molecule has 4 heteroatoms. The molecule has 1 rings (SSSR count). The molecule has 1 atom stereocenters. The third-order valence-electron chi connectivity index (χ3n) is 0.842. The molecule has 1 aliphatic heterocycles. The van der Waals surface area contributed by atoms with Crippen LogP contribution in [0.15, 0.2) is 16.2 Å². The molecule has 8 heavy (non-hydrogen) atoms. The average Bonchev–Trinajstić information content (AvgIpc) is 1.86. The van der Waals surface area contributed by atoms with E-state index in [4.69, 9.17) is 22.4 Å². The highest BCUT2D eigenvalue weighted by Crippen LogP contribution is 2.17. The number of nitrogens with zero attached hydrogens (tertiary/aromatic N) is 1. The number of halogens is 1. The van der Waals surface area contributed by atoms with Gasteiger partial charge in [0, 0.05) is 6.20 Å². The quantitative estimate of drug-likeness (QED) is 0.449. The first-order chi connectivity index (χ1) is 3.63. The third-order valence-corrected chi connectivity index (χ3v) is 1.24. The highest BCUT2D eigenvalue weighted by atomic mass is 35.5. The summed E-state index contributed by atoms with van der Waals surface area (Å²) in [6.07, 6.45) is 2.48. The van der Waals surface area contributed by atoms with E-state index in [9.17, 15) is 0 Å². The Labute approximate surface area is 51.5 Å². The number of rotatable bonds is 0. The fourth-order valence-electron chi connectivity index (χ4n) is 0.381. The summed E-state index contributed by atoms with van der Waals surface area (Å²) in [5, 5.41) is 9.04. The van der Waals surface area contributed by atoms with Crippen LogP contribution in [-0.4, -0.2) is 17.0 Å². The van der Waals surface area contributed by atoms with Gasteiger partial charge in [0.2, 0.25) is 0 Å². The molecule has 3 nitrogen and oxygen atoms in total. The van der Waals surface area contributed by atoms with Crippen molar-refractivity contribution in [2.24, 2.45) is 10.7 Å². The van der Waals surface area contributed by atoms with E-state index >= 15 is 0 Å². The van der Waals surface area contributed by atoms with Crippen molar-refractivity contribution in [3.63, 3.8) is 0 Å². The molecule has 0 amide bonds.